The molecule has 0 N–H and O–H groups in total. The molecule has 3 rings (SSSR count). The van der Waals surface area contributed by atoms with Gasteiger partial charge in [0.1, 0.15) is 10.6 Å². The third-order valence-electron chi connectivity index (χ3n) is 3.20. The molecule has 0 saturated carbocycles. The van der Waals surface area contributed by atoms with Crippen LogP contribution in [0.1, 0.15) is 6.42 Å². The lowest BCUT2D eigenvalue weighted by Gasteiger charge is -2.04. The topological polar surface area (TPSA) is 74.9 Å². The molecule has 0 aliphatic carbocycles. The number of benzene rings is 1. The van der Waals surface area contributed by atoms with E-state index in [-0.39, 0.29) is 27.4 Å². The molecule has 142 valence electrons. The van der Waals surface area contributed by atoms with Gasteiger partial charge in [-0.15, -0.1) is 0 Å². The van der Waals surface area contributed by atoms with Crippen LogP contribution in [0.4, 0.5) is 22.0 Å². The molecule has 0 amide bonds. The zero-order valence-electron chi connectivity index (χ0n) is 13.1. The number of rotatable bonds is 6. The van der Waals surface area contributed by atoms with Crippen molar-refractivity contribution in [2.45, 2.75) is 10.8 Å². The van der Waals surface area contributed by atoms with Crippen LogP contribution in [-0.2, 0) is 11.2 Å². The van der Waals surface area contributed by atoms with E-state index in [0.717, 1.165) is 23.5 Å². The van der Waals surface area contributed by atoms with Crippen molar-refractivity contribution >= 4 is 22.5 Å². The van der Waals surface area contributed by atoms with Gasteiger partial charge in [0.25, 0.3) is 5.89 Å². The molecule has 5 nitrogen and oxygen atoms in total. The predicted molar refractivity (Wildman–Crippen MR) is 87.0 cm³/mol. The van der Waals surface area contributed by atoms with Gasteiger partial charge in [-0.2, -0.15) is 18.7 Å². The monoisotopic (exact) mass is 421 g/mol. The Hall–Kier alpha value is -2.31. The Morgan fingerprint density at radius 2 is 1.96 bits per heavy atom. The zero-order chi connectivity index (χ0) is 19.6. The second kappa shape index (κ2) is 8.15. The van der Waals surface area contributed by atoms with Crippen LogP contribution in [-0.4, -0.2) is 25.4 Å². The molecule has 0 aliphatic heterocycles. The van der Waals surface area contributed by atoms with E-state index in [1.165, 1.54) is 12.3 Å². The van der Waals surface area contributed by atoms with Gasteiger partial charge >= 0.3 is 10.4 Å². The smallest absolute Gasteiger partial charge is 0.302 e. The highest BCUT2D eigenvalue weighted by atomic mass is 32.2. The lowest BCUT2D eigenvalue weighted by molar-refractivity contribution is 0.373. The number of hydrogen-bond donors (Lipinski definition) is 0. The molecular formula is C15H8F5N3O2S2. The molecule has 0 fully saturated rings. The van der Waals surface area contributed by atoms with Crippen molar-refractivity contribution in [1.29, 1.82) is 0 Å². The Kier molecular flexibility index (Phi) is 5.87. The van der Waals surface area contributed by atoms with Gasteiger partial charge in [-0.25, -0.2) is 13.2 Å². The van der Waals surface area contributed by atoms with Crippen LogP contribution in [0.25, 0.3) is 22.2 Å². The van der Waals surface area contributed by atoms with Crippen molar-refractivity contribution in [3.05, 3.63) is 47.9 Å². The maximum Gasteiger partial charge on any atom is 0.302 e. The summed E-state index contributed by atoms with van der Waals surface area (Å²) in [6.45, 7) is 0. The third-order valence-corrected chi connectivity index (χ3v) is 5.87. The molecule has 2 heterocycles. The van der Waals surface area contributed by atoms with Gasteiger partial charge in [0.2, 0.25) is 5.82 Å². The first kappa shape index (κ1) is 19.5. The number of halogens is 5. The van der Waals surface area contributed by atoms with Crippen molar-refractivity contribution in [2.24, 2.45) is 0 Å². The number of thiazole rings is 1. The van der Waals surface area contributed by atoms with Gasteiger partial charge < -0.3 is 9.08 Å². The Bertz CT molecular complexity index is 988. The molecule has 1 unspecified atom stereocenters. The lowest BCUT2D eigenvalue weighted by atomic mass is 10.2. The molecule has 2 aromatic heterocycles. The van der Waals surface area contributed by atoms with E-state index in [4.69, 9.17) is 4.52 Å². The van der Waals surface area contributed by atoms with Gasteiger partial charge in [0, 0.05) is 16.7 Å². The first-order valence-electron chi connectivity index (χ1n) is 7.18. The summed E-state index contributed by atoms with van der Waals surface area (Å²) in [6.07, 6.45) is -1.82. The highest BCUT2D eigenvalue weighted by molar-refractivity contribution is 7.93. The fourth-order valence-electron chi connectivity index (χ4n) is 1.90. The molecule has 27 heavy (non-hydrogen) atoms. The van der Waals surface area contributed by atoms with Crippen molar-refractivity contribution < 1.29 is 31.0 Å². The third kappa shape index (κ3) is 4.51. The second-order valence-corrected chi connectivity index (χ2v) is 7.78. The largest absolute Gasteiger partial charge is 0.610 e. The van der Waals surface area contributed by atoms with Crippen molar-refractivity contribution in [1.82, 2.24) is 15.1 Å². The van der Waals surface area contributed by atoms with Crippen LogP contribution in [0, 0.1) is 11.6 Å². The van der Waals surface area contributed by atoms with Crippen LogP contribution in [0.5, 0.6) is 0 Å². The quantitative estimate of drug-likeness (QED) is 0.426. The van der Waals surface area contributed by atoms with Gasteiger partial charge in [-0.05, 0) is 18.2 Å². The molecule has 0 aliphatic rings. The van der Waals surface area contributed by atoms with E-state index < -0.39 is 41.1 Å². The number of nitrogens with zero attached hydrogens (tertiary/aromatic N) is 3. The molecule has 12 heteroatoms. The molecule has 1 aromatic carbocycles. The Morgan fingerprint density at radius 1 is 1.19 bits per heavy atom. The van der Waals surface area contributed by atoms with Crippen molar-refractivity contribution in [3.8, 4) is 22.2 Å². The molecule has 0 spiro atoms. The minimum Gasteiger partial charge on any atom is -0.610 e. The number of hydrogen-bond acceptors (Lipinski definition) is 6. The minimum atomic E-state index is -2.44. The summed E-state index contributed by atoms with van der Waals surface area (Å²) in [7, 11) is 0. The second-order valence-electron chi connectivity index (χ2n) is 5.01. The van der Waals surface area contributed by atoms with E-state index in [2.05, 4.69) is 15.1 Å². The highest BCUT2D eigenvalue weighted by Gasteiger charge is 2.21. The fourth-order valence-corrected chi connectivity index (χ4v) is 4.07. The Labute approximate surface area is 155 Å². The molecule has 0 saturated heterocycles. The average molecular weight is 421 g/mol. The Balaban J connectivity index is 1.74. The maximum absolute atomic E-state index is 13.3. The average Bonchev–Trinajstić information content (AvgIpc) is 3.30. The molecule has 1 atom stereocenters. The number of allylic oxidation sites excluding steroid dienone is 1. The summed E-state index contributed by atoms with van der Waals surface area (Å²) >= 11 is -0.874. The molecule has 3 aromatic rings. The molecule has 0 radical (unpaired) electrons. The Morgan fingerprint density at radius 3 is 2.67 bits per heavy atom. The highest BCUT2D eigenvalue weighted by Crippen LogP contribution is 2.30. The molecular weight excluding hydrogens is 413 g/mol. The van der Waals surface area contributed by atoms with Gasteiger partial charge in [-0.3, -0.25) is 0 Å². The maximum atomic E-state index is 13.3. The first-order chi connectivity index (χ1) is 12.8. The molecule has 0 bridgehead atoms. The van der Waals surface area contributed by atoms with Crippen molar-refractivity contribution in [3.63, 3.8) is 0 Å². The van der Waals surface area contributed by atoms with Crippen molar-refractivity contribution in [2.75, 3.05) is 5.75 Å². The summed E-state index contributed by atoms with van der Waals surface area (Å²) in [5, 5.41) is 3.69. The summed E-state index contributed by atoms with van der Waals surface area (Å²) in [5.41, 5.74) is 0.163. The SMILES string of the molecule is [O-][S+](CCC(F)=C(F)F)c1ncc(-c2noc(-c3ccc(F)c(F)c3)n2)s1. The first-order valence-corrected chi connectivity index (χ1v) is 9.32. The van der Waals surface area contributed by atoms with E-state index in [0.29, 0.717) is 4.88 Å². The van der Waals surface area contributed by atoms with Gasteiger partial charge in [-0.1, -0.05) is 16.5 Å². The summed E-state index contributed by atoms with van der Waals surface area (Å²) < 4.78 is 80.1. The summed E-state index contributed by atoms with van der Waals surface area (Å²) in [5.74, 6) is -4.07. The zero-order valence-corrected chi connectivity index (χ0v) is 14.7. The van der Waals surface area contributed by atoms with E-state index in [9.17, 15) is 26.5 Å². The lowest BCUT2D eigenvalue weighted by Crippen LogP contribution is -2.06. The normalized spacial score (nSPS) is 12.2. The summed E-state index contributed by atoms with van der Waals surface area (Å²) in [4.78, 5) is 8.26. The summed E-state index contributed by atoms with van der Waals surface area (Å²) in [6, 6.07) is 3.07. The van der Waals surface area contributed by atoms with E-state index >= 15 is 0 Å². The van der Waals surface area contributed by atoms with Crippen LogP contribution in [0.2, 0.25) is 0 Å². The van der Waals surface area contributed by atoms with Crippen LogP contribution in [0.3, 0.4) is 0 Å². The van der Waals surface area contributed by atoms with Gasteiger partial charge in [0.05, 0.1) is 12.6 Å². The minimum absolute atomic E-state index is 0.0643. The number of aromatic nitrogens is 3. The van der Waals surface area contributed by atoms with Crippen LogP contribution >= 0.6 is 11.3 Å². The van der Waals surface area contributed by atoms with Crippen LogP contribution < -0.4 is 0 Å². The van der Waals surface area contributed by atoms with Gasteiger partial charge in [0.15, 0.2) is 17.5 Å². The predicted octanol–water partition coefficient (Wildman–Crippen LogP) is 4.71. The van der Waals surface area contributed by atoms with E-state index in [1.54, 1.807) is 0 Å². The standard InChI is InChI=1S/C15H8F5N3O2S2/c16-8-2-1-7(5-10(8)18)14-22-13(23-25-14)11-6-21-15(26-11)27(24)4-3-9(17)12(19)20/h1-2,5-6H,3-4H2. The van der Waals surface area contributed by atoms with E-state index in [1.807, 2.05) is 0 Å². The fraction of sp³-hybridized carbons (Fsp3) is 0.133. The van der Waals surface area contributed by atoms with Crippen LogP contribution in [0.15, 0.2) is 45.2 Å².